The molecule has 34 heavy (non-hydrogen) atoms. The second-order valence-electron chi connectivity index (χ2n) is 9.42. The van der Waals surface area contributed by atoms with Gasteiger partial charge in [-0.3, -0.25) is 19.4 Å². The van der Waals surface area contributed by atoms with Crippen molar-refractivity contribution in [3.8, 4) is 0 Å². The molecule has 0 aromatic heterocycles. The van der Waals surface area contributed by atoms with Crippen LogP contribution in [-0.2, 0) is 19.2 Å². The van der Waals surface area contributed by atoms with Crippen LogP contribution in [0.2, 0.25) is 0 Å². The highest BCUT2D eigenvalue weighted by molar-refractivity contribution is 5.94. The Bertz CT molecular complexity index is 731. The maximum Gasteiger partial charge on any atom is 0.326 e. The van der Waals surface area contributed by atoms with E-state index in [1.165, 1.54) is 0 Å². The predicted octanol–water partition coefficient (Wildman–Crippen LogP) is -0.967. The number of nitrogens with zero attached hydrogens (tertiary/aromatic N) is 1. The third-order valence-corrected chi connectivity index (χ3v) is 5.52. The molecule has 3 amide bonds. The zero-order valence-electron chi connectivity index (χ0n) is 20.6. The first-order valence-corrected chi connectivity index (χ1v) is 11.8. The molecule has 1 heterocycles. The van der Waals surface area contributed by atoms with Crippen molar-refractivity contribution in [2.24, 2.45) is 28.3 Å². The molecular weight excluding hydrogens is 442 g/mol. The number of guanidine groups is 1. The van der Waals surface area contributed by atoms with Crippen LogP contribution in [0.25, 0.3) is 0 Å². The summed E-state index contributed by atoms with van der Waals surface area (Å²) in [7, 11) is 0. The normalized spacial score (nSPS) is 18.1. The summed E-state index contributed by atoms with van der Waals surface area (Å²) in [6.07, 6.45) is 2.38. The van der Waals surface area contributed by atoms with Gasteiger partial charge in [0.25, 0.3) is 0 Å². The highest BCUT2D eigenvalue weighted by Crippen LogP contribution is 2.11. The molecule has 12 heteroatoms. The number of carboxylic acid groups (broad SMARTS) is 1. The summed E-state index contributed by atoms with van der Waals surface area (Å²) < 4.78 is 0. The van der Waals surface area contributed by atoms with Gasteiger partial charge in [-0.15, -0.1) is 0 Å². The third-order valence-electron chi connectivity index (χ3n) is 5.52. The number of carbonyl (C=O) groups is 4. The van der Waals surface area contributed by atoms with E-state index >= 15 is 0 Å². The minimum Gasteiger partial charge on any atom is -0.480 e. The lowest BCUT2D eigenvalue weighted by Gasteiger charge is -2.27. The van der Waals surface area contributed by atoms with E-state index in [0.29, 0.717) is 19.3 Å². The van der Waals surface area contributed by atoms with Crippen LogP contribution in [0.5, 0.6) is 0 Å². The molecule has 0 saturated carbocycles. The second-order valence-corrected chi connectivity index (χ2v) is 9.42. The van der Waals surface area contributed by atoms with E-state index in [9.17, 15) is 24.3 Å². The monoisotopic (exact) mass is 483 g/mol. The smallest absolute Gasteiger partial charge is 0.326 e. The molecule has 0 spiro atoms. The van der Waals surface area contributed by atoms with Crippen molar-refractivity contribution in [2.75, 3.05) is 13.1 Å². The second kappa shape index (κ2) is 14.4. The van der Waals surface area contributed by atoms with Crippen LogP contribution >= 0.6 is 0 Å². The van der Waals surface area contributed by atoms with E-state index in [1.807, 2.05) is 13.8 Å². The highest BCUT2D eigenvalue weighted by atomic mass is 16.4. The Hall–Kier alpha value is -2.89. The van der Waals surface area contributed by atoms with E-state index in [4.69, 9.17) is 11.5 Å². The number of carbonyl (C=O) groups excluding carboxylic acids is 3. The van der Waals surface area contributed by atoms with Crippen molar-refractivity contribution in [3.63, 3.8) is 0 Å². The average molecular weight is 484 g/mol. The maximum absolute atomic E-state index is 13.0. The Morgan fingerprint density at radius 2 is 1.68 bits per heavy atom. The van der Waals surface area contributed by atoms with Crippen molar-refractivity contribution >= 4 is 29.7 Å². The van der Waals surface area contributed by atoms with Gasteiger partial charge >= 0.3 is 5.97 Å². The molecule has 1 fully saturated rings. The summed E-state index contributed by atoms with van der Waals surface area (Å²) in [5, 5.41) is 20.6. The van der Waals surface area contributed by atoms with E-state index in [-0.39, 0.29) is 42.7 Å². The van der Waals surface area contributed by atoms with Crippen LogP contribution in [0.4, 0.5) is 0 Å². The van der Waals surface area contributed by atoms with Crippen molar-refractivity contribution < 1.29 is 24.3 Å². The van der Waals surface area contributed by atoms with E-state index in [1.54, 1.807) is 13.8 Å². The standard InChI is InChI=1S/C22H41N7O5/c1-12(2)11-16(19(31)27-15(21(33)34)8-6-10-26-22(23)24)28-20(32)17(13(3)4)29-18(30)14-7-5-9-25-14/h12-17,25H,5-11H2,1-4H3,(H,27,31)(H,28,32)(H,29,30)(H,33,34)(H4,23,24,26). The predicted molar refractivity (Wildman–Crippen MR) is 129 cm³/mol. The SMILES string of the molecule is CC(C)CC(NC(=O)C(NC(=O)C1CCCN1)C(C)C)C(=O)NC(CCCN=C(N)N)C(=O)O. The number of aliphatic carboxylic acids is 1. The summed E-state index contributed by atoms with van der Waals surface area (Å²) in [5.74, 6) is -2.77. The van der Waals surface area contributed by atoms with Gasteiger partial charge in [0.1, 0.15) is 18.1 Å². The molecule has 194 valence electrons. The Balaban J connectivity index is 2.84. The highest BCUT2D eigenvalue weighted by Gasteiger charge is 2.33. The van der Waals surface area contributed by atoms with Gasteiger partial charge in [0, 0.05) is 6.54 Å². The molecule has 0 aliphatic carbocycles. The Kier molecular flexibility index (Phi) is 12.3. The van der Waals surface area contributed by atoms with Crippen molar-refractivity contribution in [2.45, 2.75) is 84.0 Å². The lowest BCUT2D eigenvalue weighted by atomic mass is 9.99. The van der Waals surface area contributed by atoms with Gasteiger partial charge in [-0.2, -0.15) is 0 Å². The van der Waals surface area contributed by atoms with Crippen LogP contribution < -0.4 is 32.7 Å². The first kappa shape index (κ1) is 29.1. The van der Waals surface area contributed by atoms with Gasteiger partial charge in [-0.25, -0.2) is 4.79 Å². The zero-order valence-corrected chi connectivity index (χ0v) is 20.6. The number of nitrogens with one attached hydrogen (secondary N) is 4. The lowest BCUT2D eigenvalue weighted by Crippen LogP contribution is -2.58. The largest absolute Gasteiger partial charge is 0.480 e. The fourth-order valence-electron chi connectivity index (χ4n) is 3.69. The third kappa shape index (κ3) is 10.4. The Morgan fingerprint density at radius 1 is 1.03 bits per heavy atom. The molecule has 12 nitrogen and oxygen atoms in total. The molecule has 4 atom stereocenters. The van der Waals surface area contributed by atoms with Gasteiger partial charge in [-0.1, -0.05) is 27.7 Å². The van der Waals surface area contributed by atoms with Gasteiger partial charge in [0.15, 0.2) is 5.96 Å². The van der Waals surface area contributed by atoms with Gasteiger partial charge in [0.05, 0.1) is 6.04 Å². The van der Waals surface area contributed by atoms with Crippen LogP contribution in [0.15, 0.2) is 4.99 Å². The molecule has 0 aromatic carbocycles. The molecule has 0 aromatic rings. The Morgan fingerprint density at radius 3 is 2.18 bits per heavy atom. The van der Waals surface area contributed by atoms with Crippen LogP contribution in [0.3, 0.4) is 0 Å². The summed E-state index contributed by atoms with van der Waals surface area (Å²) in [6, 6.07) is -3.26. The number of amides is 3. The quantitative estimate of drug-likeness (QED) is 0.0929. The maximum atomic E-state index is 13.0. The summed E-state index contributed by atoms with van der Waals surface area (Å²) in [5.41, 5.74) is 10.5. The van der Waals surface area contributed by atoms with E-state index in [2.05, 4.69) is 26.3 Å². The number of hydrogen-bond acceptors (Lipinski definition) is 6. The molecule has 1 aliphatic rings. The lowest BCUT2D eigenvalue weighted by molar-refractivity contribution is -0.142. The minimum absolute atomic E-state index is 0.0518. The summed E-state index contributed by atoms with van der Waals surface area (Å²) in [6.45, 7) is 8.39. The summed E-state index contributed by atoms with van der Waals surface area (Å²) in [4.78, 5) is 54.0. The molecule has 0 bridgehead atoms. The molecule has 1 aliphatic heterocycles. The van der Waals surface area contributed by atoms with E-state index in [0.717, 1.165) is 13.0 Å². The molecule has 9 N–H and O–H groups in total. The van der Waals surface area contributed by atoms with Crippen LogP contribution in [0, 0.1) is 11.8 Å². The molecule has 4 unspecified atom stereocenters. The molecule has 1 saturated heterocycles. The van der Waals surface area contributed by atoms with Crippen LogP contribution in [-0.4, -0.2) is 72.0 Å². The van der Waals surface area contributed by atoms with Crippen molar-refractivity contribution in [3.05, 3.63) is 0 Å². The fourth-order valence-corrected chi connectivity index (χ4v) is 3.69. The Labute approximate surface area is 201 Å². The number of nitrogens with two attached hydrogens (primary N) is 2. The van der Waals surface area contributed by atoms with Gasteiger partial charge in [-0.05, 0) is 50.5 Å². The fraction of sp³-hybridized carbons (Fsp3) is 0.773. The van der Waals surface area contributed by atoms with Gasteiger partial charge in [0.2, 0.25) is 17.7 Å². The van der Waals surface area contributed by atoms with Crippen molar-refractivity contribution in [1.82, 2.24) is 21.3 Å². The topological polar surface area (TPSA) is 201 Å². The summed E-state index contributed by atoms with van der Waals surface area (Å²) >= 11 is 0. The van der Waals surface area contributed by atoms with Crippen molar-refractivity contribution in [1.29, 1.82) is 0 Å². The molecular formula is C22H41N7O5. The molecule has 0 radical (unpaired) electrons. The first-order chi connectivity index (χ1) is 15.9. The van der Waals surface area contributed by atoms with E-state index < -0.39 is 35.9 Å². The van der Waals surface area contributed by atoms with Gasteiger partial charge < -0.3 is 37.8 Å². The van der Waals surface area contributed by atoms with Crippen LogP contribution in [0.1, 0.15) is 59.8 Å². The average Bonchev–Trinajstić information content (AvgIpc) is 3.27. The number of aliphatic imine (C=N–C) groups is 1. The molecule has 1 rings (SSSR count). The first-order valence-electron chi connectivity index (χ1n) is 11.8. The zero-order chi connectivity index (χ0) is 25.8. The minimum atomic E-state index is -1.19. The number of rotatable bonds is 14. The number of hydrogen-bond donors (Lipinski definition) is 7. The number of carboxylic acids is 1.